The maximum atomic E-state index is 12.1. The number of benzene rings is 1. The maximum absolute atomic E-state index is 12.1. The van der Waals surface area contributed by atoms with Gasteiger partial charge in [-0.05, 0) is 12.1 Å². The van der Waals surface area contributed by atoms with Crippen LogP contribution in [-0.2, 0) is 9.53 Å². The van der Waals surface area contributed by atoms with E-state index in [1.165, 1.54) is 0 Å². The molecule has 24 heavy (non-hydrogen) atoms. The maximum Gasteiger partial charge on any atom is 0.348 e. The molecule has 1 aromatic carbocycles. The van der Waals surface area contributed by atoms with Crippen LogP contribution in [0.25, 0.3) is 0 Å². The third-order valence-corrected chi connectivity index (χ3v) is 3.85. The van der Waals surface area contributed by atoms with Crippen molar-refractivity contribution in [3.63, 3.8) is 0 Å². The second kappa shape index (κ2) is 6.15. The van der Waals surface area contributed by atoms with E-state index in [1.807, 2.05) is 0 Å². The van der Waals surface area contributed by atoms with Gasteiger partial charge in [0.25, 0.3) is 0 Å². The molecule has 0 saturated heterocycles. The number of carboxylic acids is 1. The highest BCUT2D eigenvalue weighted by Gasteiger charge is 2.53. The van der Waals surface area contributed by atoms with Gasteiger partial charge in [-0.15, -0.1) is 0 Å². The summed E-state index contributed by atoms with van der Waals surface area (Å²) in [5.74, 6) is -5.45. The average molecular weight is 344 g/mol. The van der Waals surface area contributed by atoms with Crippen LogP contribution in [0.1, 0.15) is 23.2 Å². The third kappa shape index (κ3) is 3.07. The van der Waals surface area contributed by atoms with E-state index in [2.05, 4.69) is 0 Å². The van der Waals surface area contributed by atoms with Gasteiger partial charge in [0.1, 0.15) is 6.10 Å². The number of hydrogen-bond donors (Lipinski definition) is 7. The zero-order chi connectivity index (χ0) is 18.2. The summed E-state index contributed by atoms with van der Waals surface area (Å²) in [6, 6.07) is 1.49. The first-order valence-corrected chi connectivity index (χ1v) is 6.83. The summed E-state index contributed by atoms with van der Waals surface area (Å²) < 4.78 is 4.89. The molecule has 4 atom stereocenters. The molecule has 1 aliphatic rings. The first kappa shape index (κ1) is 17.8. The fourth-order valence-corrected chi connectivity index (χ4v) is 2.52. The highest BCUT2D eigenvalue weighted by atomic mass is 16.6. The molecule has 0 heterocycles. The van der Waals surface area contributed by atoms with Crippen LogP contribution in [-0.4, -0.2) is 71.6 Å². The summed E-state index contributed by atoms with van der Waals surface area (Å²) in [6.07, 6.45) is -6.19. The normalized spacial score (nSPS) is 29.9. The molecule has 0 bridgehead atoms. The molecule has 10 nitrogen and oxygen atoms in total. The smallest absolute Gasteiger partial charge is 0.348 e. The summed E-state index contributed by atoms with van der Waals surface area (Å²) in [5.41, 5.74) is -2.77. The van der Waals surface area contributed by atoms with Gasteiger partial charge in [-0.25, -0.2) is 9.59 Å². The van der Waals surface area contributed by atoms with E-state index in [9.17, 15) is 45.3 Å². The standard InChI is InChI=1S/C14H16O10/c15-6-1-5(2-7(16)10(6)19)12(21)24-14(13(22)23)3-8(17)11(20)9(18)4-14/h1-2,8-9,11,15-20H,3-4H2,(H,22,23)/t8-,9?,11-,14+/m1/s1. The number of rotatable bonds is 3. The number of hydrogen-bond acceptors (Lipinski definition) is 9. The van der Waals surface area contributed by atoms with Crippen LogP contribution in [0.4, 0.5) is 0 Å². The molecule has 1 unspecified atom stereocenters. The van der Waals surface area contributed by atoms with Crippen molar-refractivity contribution in [3.05, 3.63) is 17.7 Å². The van der Waals surface area contributed by atoms with Gasteiger partial charge >= 0.3 is 11.9 Å². The van der Waals surface area contributed by atoms with Gasteiger partial charge in [-0.3, -0.25) is 0 Å². The average Bonchev–Trinajstić information content (AvgIpc) is 2.49. The van der Waals surface area contributed by atoms with Crippen molar-refractivity contribution in [1.82, 2.24) is 0 Å². The number of aliphatic carboxylic acids is 1. The molecule has 132 valence electrons. The first-order chi connectivity index (χ1) is 11.1. The molecular formula is C14H16O10. The number of carbonyl (C=O) groups is 2. The Labute approximate surface area is 134 Å². The van der Waals surface area contributed by atoms with Crippen molar-refractivity contribution in [2.45, 2.75) is 36.8 Å². The molecule has 7 N–H and O–H groups in total. The summed E-state index contributed by atoms with van der Waals surface area (Å²) in [6.45, 7) is 0. The summed E-state index contributed by atoms with van der Waals surface area (Å²) in [5, 5.41) is 66.1. The van der Waals surface area contributed by atoms with Crippen LogP contribution >= 0.6 is 0 Å². The third-order valence-electron chi connectivity index (χ3n) is 3.85. The lowest BCUT2D eigenvalue weighted by Gasteiger charge is -2.40. The van der Waals surface area contributed by atoms with Gasteiger partial charge in [0, 0.05) is 12.8 Å². The molecule has 0 spiro atoms. The summed E-state index contributed by atoms with van der Waals surface area (Å²) >= 11 is 0. The molecule has 1 aliphatic carbocycles. The Morgan fingerprint density at radius 1 is 1.00 bits per heavy atom. The highest BCUT2D eigenvalue weighted by molar-refractivity contribution is 5.93. The zero-order valence-corrected chi connectivity index (χ0v) is 12.2. The number of carboxylic acid groups (broad SMARTS) is 1. The highest BCUT2D eigenvalue weighted by Crippen LogP contribution is 2.37. The summed E-state index contributed by atoms with van der Waals surface area (Å²) in [7, 11) is 0. The number of ether oxygens (including phenoxy) is 1. The van der Waals surface area contributed by atoms with E-state index >= 15 is 0 Å². The monoisotopic (exact) mass is 344 g/mol. The fourth-order valence-electron chi connectivity index (χ4n) is 2.52. The van der Waals surface area contributed by atoms with E-state index in [4.69, 9.17) is 4.74 Å². The van der Waals surface area contributed by atoms with Crippen molar-refractivity contribution >= 4 is 11.9 Å². The molecule has 1 aromatic rings. The first-order valence-electron chi connectivity index (χ1n) is 6.83. The molecule has 0 aliphatic heterocycles. The van der Waals surface area contributed by atoms with Gasteiger partial charge in [0.05, 0.1) is 17.8 Å². The topological polar surface area (TPSA) is 185 Å². The molecule has 10 heteroatoms. The molecule has 0 radical (unpaired) electrons. The zero-order valence-electron chi connectivity index (χ0n) is 12.2. The Balaban J connectivity index is 2.32. The predicted molar refractivity (Wildman–Crippen MR) is 74.5 cm³/mol. The van der Waals surface area contributed by atoms with Crippen LogP contribution in [0.15, 0.2) is 12.1 Å². The minimum atomic E-state index is -2.31. The Bertz CT molecular complexity index is 635. The number of aliphatic hydroxyl groups excluding tert-OH is 3. The number of aromatic hydroxyl groups is 3. The van der Waals surface area contributed by atoms with E-state index in [0.717, 1.165) is 12.1 Å². The van der Waals surface area contributed by atoms with Crippen LogP contribution in [0.3, 0.4) is 0 Å². The minimum absolute atomic E-state index is 0.460. The van der Waals surface area contributed by atoms with Crippen molar-refractivity contribution in [3.8, 4) is 17.2 Å². The summed E-state index contributed by atoms with van der Waals surface area (Å²) in [4.78, 5) is 23.6. The van der Waals surface area contributed by atoms with Gasteiger partial charge < -0.3 is 40.5 Å². The van der Waals surface area contributed by atoms with Crippen molar-refractivity contribution < 1.29 is 50.1 Å². The van der Waals surface area contributed by atoms with E-state index < -0.39 is 71.5 Å². The van der Waals surface area contributed by atoms with Gasteiger partial charge in [0.15, 0.2) is 17.2 Å². The van der Waals surface area contributed by atoms with Crippen LogP contribution in [0, 0.1) is 0 Å². The second-order valence-electron chi connectivity index (χ2n) is 5.59. The molecule has 2 rings (SSSR count). The lowest BCUT2D eigenvalue weighted by Crippen LogP contribution is -2.58. The van der Waals surface area contributed by atoms with Crippen molar-refractivity contribution in [2.24, 2.45) is 0 Å². The van der Waals surface area contributed by atoms with Crippen molar-refractivity contribution in [2.75, 3.05) is 0 Å². The Kier molecular flexibility index (Phi) is 4.56. The lowest BCUT2D eigenvalue weighted by atomic mass is 9.79. The predicted octanol–water partition coefficient (Wildman–Crippen LogP) is -1.34. The number of phenolic OH excluding ortho intramolecular Hbond substituents is 3. The number of phenols is 3. The minimum Gasteiger partial charge on any atom is -0.504 e. The van der Waals surface area contributed by atoms with E-state index in [1.54, 1.807) is 0 Å². The van der Waals surface area contributed by atoms with Crippen molar-refractivity contribution in [1.29, 1.82) is 0 Å². The molecule has 0 aromatic heterocycles. The number of esters is 1. The molecular weight excluding hydrogens is 328 g/mol. The lowest BCUT2D eigenvalue weighted by molar-refractivity contribution is -0.187. The van der Waals surface area contributed by atoms with Crippen LogP contribution in [0.2, 0.25) is 0 Å². The second-order valence-corrected chi connectivity index (χ2v) is 5.59. The fraction of sp³-hybridized carbons (Fsp3) is 0.429. The van der Waals surface area contributed by atoms with Gasteiger partial charge in [0.2, 0.25) is 5.60 Å². The molecule has 1 saturated carbocycles. The number of aliphatic hydroxyl groups is 3. The Morgan fingerprint density at radius 2 is 1.46 bits per heavy atom. The van der Waals surface area contributed by atoms with Crippen LogP contribution < -0.4 is 0 Å². The Hall–Kier alpha value is -2.56. The molecule has 1 fully saturated rings. The van der Waals surface area contributed by atoms with Gasteiger partial charge in [-0.2, -0.15) is 0 Å². The molecule has 0 amide bonds. The van der Waals surface area contributed by atoms with E-state index in [-0.39, 0.29) is 0 Å². The quantitative estimate of drug-likeness (QED) is 0.256. The van der Waals surface area contributed by atoms with Crippen LogP contribution in [0.5, 0.6) is 17.2 Å². The Morgan fingerprint density at radius 3 is 1.88 bits per heavy atom. The van der Waals surface area contributed by atoms with Gasteiger partial charge in [-0.1, -0.05) is 0 Å². The van der Waals surface area contributed by atoms with E-state index in [0.29, 0.717) is 0 Å². The largest absolute Gasteiger partial charge is 0.504 e. The SMILES string of the molecule is O=C(O[C@]1(C(=O)O)CC(O)[C@H](O)[C@H](O)C1)c1cc(O)c(O)c(O)c1. The number of carbonyl (C=O) groups excluding carboxylic acids is 1.